The number of thiophene rings is 1. The summed E-state index contributed by atoms with van der Waals surface area (Å²) in [5.41, 5.74) is 0.365. The van der Waals surface area contributed by atoms with Gasteiger partial charge in [0, 0.05) is 6.54 Å². The van der Waals surface area contributed by atoms with Crippen LogP contribution in [0.3, 0.4) is 0 Å². The predicted octanol–water partition coefficient (Wildman–Crippen LogP) is 4.21. The zero-order valence-corrected chi connectivity index (χ0v) is 12.5. The van der Waals surface area contributed by atoms with Gasteiger partial charge in [-0.05, 0) is 52.7 Å². The first-order valence-corrected chi connectivity index (χ1v) is 7.80. The molecule has 0 spiro atoms. The van der Waals surface area contributed by atoms with Gasteiger partial charge in [-0.2, -0.15) is 0 Å². The molecule has 1 aromatic rings. The van der Waals surface area contributed by atoms with E-state index in [2.05, 4.69) is 28.2 Å². The van der Waals surface area contributed by atoms with Crippen LogP contribution in [-0.2, 0) is 0 Å². The second-order valence-corrected chi connectivity index (χ2v) is 7.31. The zero-order chi connectivity index (χ0) is 12.3. The second-order valence-electron chi connectivity index (χ2n) is 4.85. The Morgan fingerprint density at radius 2 is 2.18 bits per heavy atom. The number of halogens is 1. The SMILES string of the molecule is CCC1(CNC(=O)c2ccc(Br)s2)CCCC1. The summed E-state index contributed by atoms with van der Waals surface area (Å²) in [6, 6.07) is 3.79. The highest BCUT2D eigenvalue weighted by atomic mass is 79.9. The Balaban J connectivity index is 1.91. The fourth-order valence-electron chi connectivity index (χ4n) is 2.57. The standard InChI is InChI=1S/C13H18BrNOS/c1-2-13(7-3-4-8-13)9-15-12(16)10-5-6-11(14)17-10/h5-6H,2-4,7-9H2,1H3,(H,15,16). The van der Waals surface area contributed by atoms with Crippen molar-refractivity contribution in [2.24, 2.45) is 5.41 Å². The largest absolute Gasteiger partial charge is 0.351 e. The molecule has 2 rings (SSSR count). The third-order valence-electron chi connectivity index (χ3n) is 3.84. The van der Waals surface area contributed by atoms with E-state index in [-0.39, 0.29) is 5.91 Å². The van der Waals surface area contributed by atoms with Crippen molar-refractivity contribution in [3.05, 3.63) is 20.8 Å². The van der Waals surface area contributed by atoms with Crippen LogP contribution in [0.5, 0.6) is 0 Å². The number of nitrogens with one attached hydrogen (secondary N) is 1. The predicted molar refractivity (Wildman–Crippen MR) is 75.5 cm³/mol. The molecule has 0 atom stereocenters. The molecule has 1 saturated carbocycles. The van der Waals surface area contributed by atoms with Crippen molar-refractivity contribution < 1.29 is 4.79 Å². The highest BCUT2D eigenvalue weighted by Crippen LogP contribution is 2.40. The summed E-state index contributed by atoms with van der Waals surface area (Å²) in [5.74, 6) is 0.0698. The maximum Gasteiger partial charge on any atom is 0.261 e. The fraction of sp³-hybridized carbons (Fsp3) is 0.615. The Kier molecular flexibility index (Phi) is 4.26. The van der Waals surface area contributed by atoms with Gasteiger partial charge < -0.3 is 5.32 Å². The molecule has 0 radical (unpaired) electrons. The lowest BCUT2D eigenvalue weighted by atomic mass is 9.83. The maximum atomic E-state index is 12.0. The van der Waals surface area contributed by atoms with E-state index in [9.17, 15) is 4.79 Å². The molecular formula is C13H18BrNOS. The number of amides is 1. The van der Waals surface area contributed by atoms with Gasteiger partial charge in [-0.15, -0.1) is 11.3 Å². The smallest absolute Gasteiger partial charge is 0.261 e. The van der Waals surface area contributed by atoms with Gasteiger partial charge in [0.25, 0.3) is 5.91 Å². The van der Waals surface area contributed by atoms with Crippen molar-refractivity contribution in [1.29, 1.82) is 0 Å². The van der Waals surface area contributed by atoms with E-state index in [1.165, 1.54) is 43.4 Å². The third-order valence-corrected chi connectivity index (χ3v) is 5.46. The summed E-state index contributed by atoms with van der Waals surface area (Å²) < 4.78 is 1.01. The molecule has 94 valence electrons. The Labute approximate surface area is 115 Å². The Hall–Kier alpha value is -0.350. The minimum atomic E-state index is 0.0698. The topological polar surface area (TPSA) is 29.1 Å². The summed E-state index contributed by atoms with van der Waals surface area (Å²) in [4.78, 5) is 12.7. The van der Waals surface area contributed by atoms with Crippen molar-refractivity contribution in [1.82, 2.24) is 5.32 Å². The maximum absolute atomic E-state index is 12.0. The van der Waals surface area contributed by atoms with E-state index in [0.717, 1.165) is 15.2 Å². The number of carbonyl (C=O) groups excluding carboxylic acids is 1. The molecule has 0 aliphatic heterocycles. The van der Waals surface area contributed by atoms with Crippen molar-refractivity contribution in [3.8, 4) is 0 Å². The van der Waals surface area contributed by atoms with Gasteiger partial charge in [0.2, 0.25) is 0 Å². The zero-order valence-electron chi connectivity index (χ0n) is 10.1. The summed E-state index contributed by atoms with van der Waals surface area (Å²) >= 11 is 4.87. The van der Waals surface area contributed by atoms with Gasteiger partial charge in [0.15, 0.2) is 0 Å². The summed E-state index contributed by atoms with van der Waals surface area (Å²) in [6.07, 6.45) is 6.32. The fourth-order valence-corrected chi connectivity index (χ4v) is 3.87. The molecular weight excluding hydrogens is 298 g/mol. The Bertz CT molecular complexity index is 396. The average Bonchev–Trinajstić information content (AvgIpc) is 2.95. The third kappa shape index (κ3) is 3.10. The lowest BCUT2D eigenvalue weighted by Crippen LogP contribution is -2.35. The highest BCUT2D eigenvalue weighted by molar-refractivity contribution is 9.11. The number of rotatable bonds is 4. The molecule has 4 heteroatoms. The molecule has 1 aliphatic carbocycles. The van der Waals surface area contributed by atoms with Gasteiger partial charge in [-0.3, -0.25) is 4.79 Å². The van der Waals surface area contributed by atoms with Crippen LogP contribution in [0, 0.1) is 5.41 Å². The van der Waals surface area contributed by atoms with Crippen molar-refractivity contribution in [2.75, 3.05) is 6.54 Å². The van der Waals surface area contributed by atoms with Gasteiger partial charge in [-0.1, -0.05) is 19.8 Å². The summed E-state index contributed by atoms with van der Waals surface area (Å²) in [7, 11) is 0. The molecule has 0 saturated heterocycles. The molecule has 1 N–H and O–H groups in total. The van der Waals surface area contributed by atoms with E-state index in [1.54, 1.807) is 0 Å². The number of carbonyl (C=O) groups is 1. The Morgan fingerprint density at radius 3 is 2.71 bits per heavy atom. The lowest BCUT2D eigenvalue weighted by molar-refractivity contribution is 0.0933. The lowest BCUT2D eigenvalue weighted by Gasteiger charge is -2.27. The van der Waals surface area contributed by atoms with Crippen molar-refractivity contribution >= 4 is 33.2 Å². The average molecular weight is 316 g/mol. The van der Waals surface area contributed by atoms with Crippen LogP contribution >= 0.6 is 27.3 Å². The summed E-state index contributed by atoms with van der Waals surface area (Å²) in [5, 5.41) is 3.10. The minimum Gasteiger partial charge on any atom is -0.351 e. The van der Waals surface area contributed by atoms with Gasteiger partial charge in [-0.25, -0.2) is 0 Å². The van der Waals surface area contributed by atoms with Crippen LogP contribution in [0.1, 0.15) is 48.7 Å². The van der Waals surface area contributed by atoms with Crippen molar-refractivity contribution in [2.45, 2.75) is 39.0 Å². The first kappa shape index (κ1) is 13.1. The van der Waals surface area contributed by atoms with E-state index in [0.29, 0.717) is 5.41 Å². The molecule has 1 heterocycles. The van der Waals surface area contributed by atoms with E-state index < -0.39 is 0 Å². The van der Waals surface area contributed by atoms with E-state index in [1.807, 2.05) is 12.1 Å². The summed E-state index contributed by atoms with van der Waals surface area (Å²) in [6.45, 7) is 3.07. The Morgan fingerprint density at radius 1 is 1.47 bits per heavy atom. The minimum absolute atomic E-state index is 0.0698. The monoisotopic (exact) mass is 315 g/mol. The molecule has 1 amide bonds. The highest BCUT2D eigenvalue weighted by Gasteiger charge is 2.32. The molecule has 0 aromatic carbocycles. The first-order chi connectivity index (χ1) is 8.15. The number of hydrogen-bond acceptors (Lipinski definition) is 2. The van der Waals surface area contributed by atoms with Gasteiger partial charge >= 0.3 is 0 Å². The quantitative estimate of drug-likeness (QED) is 0.886. The molecule has 1 aromatic heterocycles. The van der Waals surface area contributed by atoms with Crippen LogP contribution in [0.15, 0.2) is 15.9 Å². The van der Waals surface area contributed by atoms with Gasteiger partial charge in [0.1, 0.15) is 0 Å². The van der Waals surface area contributed by atoms with Gasteiger partial charge in [0.05, 0.1) is 8.66 Å². The second kappa shape index (κ2) is 5.53. The van der Waals surface area contributed by atoms with Crippen molar-refractivity contribution in [3.63, 3.8) is 0 Å². The van der Waals surface area contributed by atoms with E-state index in [4.69, 9.17) is 0 Å². The van der Waals surface area contributed by atoms with E-state index >= 15 is 0 Å². The van der Waals surface area contributed by atoms with Crippen LogP contribution < -0.4 is 5.32 Å². The molecule has 0 bridgehead atoms. The van der Waals surface area contributed by atoms with Crippen LogP contribution in [0.2, 0.25) is 0 Å². The van der Waals surface area contributed by atoms with Crippen LogP contribution in [0.25, 0.3) is 0 Å². The van der Waals surface area contributed by atoms with Crippen LogP contribution in [-0.4, -0.2) is 12.5 Å². The molecule has 17 heavy (non-hydrogen) atoms. The normalized spacial score (nSPS) is 18.2. The molecule has 1 fully saturated rings. The molecule has 0 unspecified atom stereocenters. The van der Waals surface area contributed by atoms with Crippen LogP contribution in [0.4, 0.5) is 0 Å². The molecule has 2 nitrogen and oxygen atoms in total. The molecule has 1 aliphatic rings. The first-order valence-electron chi connectivity index (χ1n) is 6.19. The number of hydrogen-bond donors (Lipinski definition) is 1.